The summed E-state index contributed by atoms with van der Waals surface area (Å²) in [5.41, 5.74) is 11.3. The molecule has 248 valence electrons. The smallest absolute Gasteiger partial charge is 0.352 e. The quantitative estimate of drug-likeness (QED) is 0.126. The lowest BCUT2D eigenvalue weighted by Gasteiger charge is -2.42. The monoisotopic (exact) mass is 661 g/mol. The molecule has 0 radical (unpaired) electrons. The van der Waals surface area contributed by atoms with Crippen LogP contribution >= 0.6 is 0 Å². The minimum atomic E-state index is -0.269. The van der Waals surface area contributed by atoms with Crippen LogP contribution < -0.4 is 25.5 Å². The van der Waals surface area contributed by atoms with E-state index in [1.165, 1.54) is 22.5 Å². The van der Waals surface area contributed by atoms with Gasteiger partial charge in [-0.2, -0.15) is 0 Å². The summed E-state index contributed by atoms with van der Waals surface area (Å²) in [7, 11) is 0. The van der Waals surface area contributed by atoms with Gasteiger partial charge in [-0.05, 0) is 90.0 Å². The molecule has 2 aliphatic heterocycles. The van der Waals surface area contributed by atoms with E-state index >= 15 is 0 Å². The first-order valence-electron chi connectivity index (χ1n) is 17.6. The van der Waals surface area contributed by atoms with E-state index in [4.69, 9.17) is 9.64 Å². The molecule has 0 N–H and O–H groups in total. The number of benzene rings is 6. The van der Waals surface area contributed by atoms with Crippen molar-refractivity contribution in [1.29, 1.82) is 0 Å². The van der Waals surface area contributed by atoms with Gasteiger partial charge >= 0.3 is 6.85 Å². The highest BCUT2D eigenvalue weighted by atomic mass is 16.5. The molecule has 0 amide bonds. The molecule has 0 fully saturated rings. The van der Waals surface area contributed by atoms with Gasteiger partial charge in [-0.15, -0.1) is 0 Å². The molecule has 6 aromatic carbocycles. The molecule has 5 heteroatoms. The van der Waals surface area contributed by atoms with Gasteiger partial charge in [0.1, 0.15) is 17.3 Å². The molecular weight excluding hydrogens is 621 g/mol. The molecule has 6 aromatic rings. The van der Waals surface area contributed by atoms with Gasteiger partial charge in [0.2, 0.25) is 0 Å². The standard InChI is InChI=1S/C46H40BN3O/c1-5-6-8-29-45-48-47(38-23-13-17-27-42(38)50(45)34-19-9-7-10-20-34)39-24-14-18-28-43(39)51-44-32-35(31-30-33(44)2)49-40-25-15-11-21-36(40)46(3,4)37-22-12-16-26-41(37)49/h5-32H,1-4H3/b6-5-,29-8-. The van der Waals surface area contributed by atoms with Crippen molar-refractivity contribution in [1.82, 2.24) is 0 Å². The Morgan fingerprint density at radius 3 is 1.90 bits per heavy atom. The fourth-order valence-electron chi connectivity index (χ4n) is 7.46. The zero-order chi connectivity index (χ0) is 35.0. The summed E-state index contributed by atoms with van der Waals surface area (Å²) in [4.78, 5) is 10.0. The van der Waals surface area contributed by atoms with Crippen molar-refractivity contribution < 1.29 is 4.74 Å². The molecule has 0 spiro atoms. The van der Waals surface area contributed by atoms with Gasteiger partial charge in [-0.25, -0.2) is 0 Å². The number of aryl methyl sites for hydroxylation is 1. The second kappa shape index (κ2) is 13.3. The van der Waals surface area contributed by atoms with E-state index in [0.717, 1.165) is 50.9 Å². The Bertz CT molecular complexity index is 2270. The van der Waals surface area contributed by atoms with Crippen molar-refractivity contribution >= 4 is 52.0 Å². The van der Waals surface area contributed by atoms with Gasteiger partial charge in [-0.3, -0.25) is 4.90 Å². The summed E-state index contributed by atoms with van der Waals surface area (Å²) in [5, 5.41) is 0. The molecule has 0 atom stereocenters. The van der Waals surface area contributed by atoms with Crippen LogP contribution in [0.1, 0.15) is 37.5 Å². The number of hydrogen-bond donors (Lipinski definition) is 0. The fraction of sp³-hybridized carbons (Fsp3) is 0.109. The number of fused-ring (bicyclic) bond motifs is 3. The van der Waals surface area contributed by atoms with Crippen molar-refractivity contribution in [2.75, 3.05) is 9.80 Å². The molecular formula is C46H40BN3O. The first kappa shape index (κ1) is 32.2. The predicted molar refractivity (Wildman–Crippen MR) is 216 cm³/mol. The molecule has 0 bridgehead atoms. The Morgan fingerprint density at radius 2 is 1.20 bits per heavy atom. The maximum atomic E-state index is 6.96. The third kappa shape index (κ3) is 5.75. The van der Waals surface area contributed by atoms with E-state index in [2.05, 4.69) is 176 Å². The normalized spacial score (nSPS) is 14.7. The Balaban J connectivity index is 1.22. The Hall–Kier alpha value is -6.07. The second-order valence-electron chi connectivity index (χ2n) is 13.6. The van der Waals surface area contributed by atoms with E-state index in [1.807, 2.05) is 31.2 Å². The number of anilines is 5. The van der Waals surface area contributed by atoms with Gasteiger partial charge in [0.05, 0.1) is 11.4 Å². The third-order valence-corrected chi connectivity index (χ3v) is 10.0. The van der Waals surface area contributed by atoms with Crippen LogP contribution in [0, 0.1) is 6.92 Å². The van der Waals surface area contributed by atoms with Gasteiger partial charge in [-0.1, -0.05) is 129 Å². The van der Waals surface area contributed by atoms with Crippen molar-refractivity contribution in [3.05, 3.63) is 187 Å². The van der Waals surface area contributed by atoms with Gasteiger partial charge < -0.3 is 14.5 Å². The van der Waals surface area contributed by atoms with Crippen LogP contribution in [-0.4, -0.2) is 12.7 Å². The minimum Gasteiger partial charge on any atom is -0.457 e. The maximum Gasteiger partial charge on any atom is 0.352 e. The molecule has 0 saturated carbocycles. The van der Waals surface area contributed by atoms with Crippen LogP contribution in [0.4, 0.5) is 28.4 Å². The first-order chi connectivity index (χ1) is 25.0. The van der Waals surface area contributed by atoms with Crippen LogP contribution in [0.15, 0.2) is 175 Å². The molecule has 4 nitrogen and oxygen atoms in total. The molecule has 2 heterocycles. The first-order valence-corrected chi connectivity index (χ1v) is 17.6. The number of ether oxygens (including phenoxy) is 1. The van der Waals surface area contributed by atoms with Crippen molar-refractivity contribution in [3.63, 3.8) is 0 Å². The molecule has 0 saturated heterocycles. The van der Waals surface area contributed by atoms with Crippen LogP contribution in [0.25, 0.3) is 0 Å². The number of allylic oxidation sites excluding steroid dienone is 3. The Labute approximate surface area is 301 Å². The number of nitrogens with zero attached hydrogens (tertiary/aromatic N) is 3. The summed E-state index contributed by atoms with van der Waals surface area (Å²) in [6.45, 7) is 8.49. The largest absolute Gasteiger partial charge is 0.457 e. The van der Waals surface area contributed by atoms with Gasteiger partial charge in [0.15, 0.2) is 0 Å². The average molecular weight is 662 g/mol. The van der Waals surface area contributed by atoms with E-state index in [9.17, 15) is 0 Å². The van der Waals surface area contributed by atoms with Crippen LogP contribution in [0.5, 0.6) is 11.5 Å². The van der Waals surface area contributed by atoms with Gasteiger partial charge in [0, 0.05) is 28.5 Å². The summed E-state index contributed by atoms with van der Waals surface area (Å²) >= 11 is 0. The van der Waals surface area contributed by atoms with Crippen LogP contribution in [-0.2, 0) is 5.41 Å². The highest BCUT2D eigenvalue weighted by Crippen LogP contribution is 2.52. The highest BCUT2D eigenvalue weighted by molar-refractivity contribution is 6.87. The zero-order valence-corrected chi connectivity index (χ0v) is 29.5. The maximum absolute atomic E-state index is 6.96. The summed E-state index contributed by atoms with van der Waals surface area (Å²) in [6.07, 6.45) is 8.20. The van der Waals surface area contributed by atoms with Crippen molar-refractivity contribution in [2.45, 2.75) is 33.1 Å². The predicted octanol–water partition coefficient (Wildman–Crippen LogP) is 10.7. The molecule has 8 rings (SSSR count). The fourth-order valence-corrected chi connectivity index (χ4v) is 7.46. The molecule has 0 aromatic heterocycles. The van der Waals surface area contributed by atoms with Crippen LogP contribution in [0.3, 0.4) is 0 Å². The average Bonchev–Trinajstić information content (AvgIpc) is 3.16. The third-order valence-electron chi connectivity index (χ3n) is 10.0. The lowest BCUT2D eigenvalue weighted by atomic mass is 9.50. The van der Waals surface area contributed by atoms with Crippen molar-refractivity contribution in [2.24, 2.45) is 4.90 Å². The summed E-state index contributed by atoms with van der Waals surface area (Å²) < 4.78 is 6.96. The van der Waals surface area contributed by atoms with Crippen LogP contribution in [0.2, 0.25) is 0 Å². The topological polar surface area (TPSA) is 28.1 Å². The molecule has 0 unspecified atom stereocenters. The van der Waals surface area contributed by atoms with Crippen molar-refractivity contribution in [3.8, 4) is 11.5 Å². The Morgan fingerprint density at radius 1 is 0.588 bits per heavy atom. The minimum absolute atomic E-state index is 0.125. The van der Waals surface area contributed by atoms with Gasteiger partial charge in [0.25, 0.3) is 0 Å². The summed E-state index contributed by atoms with van der Waals surface area (Å²) in [6, 6.07) is 51.3. The lowest BCUT2D eigenvalue weighted by Crippen LogP contribution is -2.49. The molecule has 51 heavy (non-hydrogen) atoms. The second-order valence-corrected chi connectivity index (χ2v) is 13.6. The number of hydrogen-bond acceptors (Lipinski definition) is 4. The number of para-hydroxylation sites is 5. The molecule has 2 aliphatic rings. The van der Waals surface area contributed by atoms with E-state index in [0.29, 0.717) is 0 Å². The zero-order valence-electron chi connectivity index (χ0n) is 29.5. The SMILES string of the molecule is C/C=C\C=C/C1=NB(c2ccccc2Oc2cc(N3c4ccccc4C(C)(C)c4ccccc43)ccc2C)c2ccccc2N1c1ccccc1. The number of rotatable bonds is 7. The number of amidine groups is 1. The Kier molecular flexibility index (Phi) is 8.41. The van der Waals surface area contributed by atoms with E-state index in [1.54, 1.807) is 0 Å². The molecule has 0 aliphatic carbocycles. The highest BCUT2D eigenvalue weighted by Gasteiger charge is 2.37. The van der Waals surface area contributed by atoms with E-state index in [-0.39, 0.29) is 12.3 Å². The summed E-state index contributed by atoms with van der Waals surface area (Å²) in [5.74, 6) is 2.46. The van der Waals surface area contributed by atoms with E-state index < -0.39 is 0 Å². The lowest BCUT2D eigenvalue weighted by molar-refractivity contribution is 0.482.